The van der Waals surface area contributed by atoms with Gasteiger partial charge in [-0.1, -0.05) is 6.07 Å². The number of ether oxygens (including phenoxy) is 2. The fourth-order valence-corrected chi connectivity index (χ4v) is 2.47. The Morgan fingerprint density at radius 3 is 2.79 bits per heavy atom. The van der Waals surface area contributed by atoms with Crippen molar-refractivity contribution in [3.8, 4) is 21.9 Å². The second kappa shape index (κ2) is 5.75. The zero-order chi connectivity index (χ0) is 13.8. The van der Waals surface area contributed by atoms with Crippen LogP contribution in [0.2, 0.25) is 0 Å². The number of esters is 1. The van der Waals surface area contributed by atoms with E-state index in [1.165, 1.54) is 18.4 Å². The number of aromatic hydroxyl groups is 1. The first kappa shape index (κ1) is 13.4. The largest absolute Gasteiger partial charge is 0.504 e. The summed E-state index contributed by atoms with van der Waals surface area (Å²) in [6.45, 7) is 2.14. The molecule has 0 aliphatic rings. The van der Waals surface area contributed by atoms with E-state index < -0.39 is 5.97 Å². The lowest BCUT2D eigenvalue weighted by Gasteiger charge is -2.12. The number of benzene rings is 1. The molecule has 0 bridgehead atoms. The minimum atomic E-state index is -0.530. The Balaban J connectivity index is 2.56. The van der Waals surface area contributed by atoms with Crippen LogP contribution in [0.4, 0.5) is 0 Å². The normalized spacial score (nSPS) is 10.2. The maximum Gasteiger partial charge on any atom is 0.341 e. The molecule has 0 unspecified atom stereocenters. The number of methoxy groups -OCH3 is 1. The molecule has 19 heavy (non-hydrogen) atoms. The van der Waals surface area contributed by atoms with Crippen LogP contribution in [-0.4, -0.2) is 24.8 Å². The molecule has 0 aliphatic carbocycles. The first-order chi connectivity index (χ1) is 9.17. The predicted molar refractivity (Wildman–Crippen MR) is 73.9 cm³/mol. The van der Waals surface area contributed by atoms with Gasteiger partial charge in [0.05, 0.1) is 13.7 Å². The molecule has 0 saturated carbocycles. The van der Waals surface area contributed by atoms with Crippen molar-refractivity contribution in [1.82, 2.24) is 0 Å². The third kappa shape index (κ3) is 2.71. The van der Waals surface area contributed by atoms with Gasteiger partial charge in [0.2, 0.25) is 0 Å². The number of thiophene rings is 1. The molecular formula is C14H14O4S. The van der Waals surface area contributed by atoms with E-state index in [0.29, 0.717) is 6.61 Å². The van der Waals surface area contributed by atoms with Crippen LogP contribution in [0.15, 0.2) is 29.6 Å². The maximum atomic E-state index is 11.8. The Morgan fingerprint density at radius 1 is 1.42 bits per heavy atom. The fraction of sp³-hybridized carbons (Fsp3) is 0.214. The second-order valence-corrected chi connectivity index (χ2v) is 4.72. The van der Waals surface area contributed by atoms with E-state index in [-0.39, 0.29) is 17.1 Å². The number of phenols is 1. The number of carbonyl (C=O) groups excluding carboxylic acids is 1. The average molecular weight is 278 g/mol. The third-order valence-electron chi connectivity index (χ3n) is 2.57. The predicted octanol–water partition coefficient (Wildman–Crippen LogP) is 3.31. The summed E-state index contributed by atoms with van der Waals surface area (Å²) in [6.07, 6.45) is 0. The summed E-state index contributed by atoms with van der Waals surface area (Å²) in [4.78, 5) is 12.7. The molecule has 4 nitrogen and oxygen atoms in total. The molecule has 0 aliphatic heterocycles. The summed E-state index contributed by atoms with van der Waals surface area (Å²) < 4.78 is 10.0. The van der Waals surface area contributed by atoms with Gasteiger partial charge in [-0.05, 0) is 36.1 Å². The quantitative estimate of drug-likeness (QED) is 0.872. The van der Waals surface area contributed by atoms with Gasteiger partial charge in [0.1, 0.15) is 5.56 Å². The van der Waals surface area contributed by atoms with Crippen molar-refractivity contribution < 1.29 is 19.4 Å². The fourth-order valence-electron chi connectivity index (χ4n) is 1.76. The van der Waals surface area contributed by atoms with Crippen LogP contribution in [-0.2, 0) is 4.74 Å². The molecule has 0 saturated heterocycles. The van der Waals surface area contributed by atoms with Crippen molar-refractivity contribution in [2.75, 3.05) is 13.7 Å². The number of rotatable bonds is 4. The molecule has 100 valence electrons. The molecular weight excluding hydrogens is 264 g/mol. The summed E-state index contributed by atoms with van der Waals surface area (Å²) in [5.74, 6) is -0.431. The summed E-state index contributed by atoms with van der Waals surface area (Å²) >= 11 is 1.53. The van der Waals surface area contributed by atoms with E-state index in [4.69, 9.17) is 9.47 Å². The van der Waals surface area contributed by atoms with Crippen molar-refractivity contribution >= 4 is 17.3 Å². The number of phenolic OH excluding ortho intramolecular Hbond substituents is 1. The van der Waals surface area contributed by atoms with Crippen molar-refractivity contribution in [2.24, 2.45) is 0 Å². The molecule has 2 aromatic rings. The number of carbonyl (C=O) groups is 1. The van der Waals surface area contributed by atoms with Gasteiger partial charge in [0, 0.05) is 4.88 Å². The van der Waals surface area contributed by atoms with E-state index in [2.05, 4.69) is 0 Å². The Kier molecular flexibility index (Phi) is 4.06. The molecule has 0 spiro atoms. The monoisotopic (exact) mass is 278 g/mol. The van der Waals surface area contributed by atoms with E-state index in [1.807, 2.05) is 17.5 Å². The average Bonchev–Trinajstić information content (AvgIpc) is 2.94. The van der Waals surface area contributed by atoms with E-state index >= 15 is 0 Å². The van der Waals surface area contributed by atoms with Crippen LogP contribution in [0.25, 0.3) is 10.4 Å². The first-order valence-electron chi connectivity index (χ1n) is 5.79. The third-order valence-corrected chi connectivity index (χ3v) is 3.49. The lowest BCUT2D eigenvalue weighted by molar-refractivity contribution is 0.0595. The van der Waals surface area contributed by atoms with Gasteiger partial charge < -0.3 is 14.6 Å². The highest BCUT2D eigenvalue weighted by atomic mass is 32.1. The van der Waals surface area contributed by atoms with Gasteiger partial charge in [-0.2, -0.15) is 0 Å². The lowest BCUT2D eigenvalue weighted by Crippen LogP contribution is -2.06. The van der Waals surface area contributed by atoms with Crippen molar-refractivity contribution in [3.63, 3.8) is 0 Å². The highest BCUT2D eigenvalue weighted by Crippen LogP contribution is 2.37. The molecule has 1 N–H and O–H groups in total. The highest BCUT2D eigenvalue weighted by molar-refractivity contribution is 7.13. The van der Waals surface area contributed by atoms with E-state index in [9.17, 15) is 9.90 Å². The molecule has 0 radical (unpaired) electrons. The smallest absolute Gasteiger partial charge is 0.341 e. The Bertz CT molecular complexity index is 575. The summed E-state index contributed by atoms with van der Waals surface area (Å²) in [6, 6.07) is 7.08. The number of hydrogen-bond acceptors (Lipinski definition) is 5. The van der Waals surface area contributed by atoms with Gasteiger partial charge in [-0.3, -0.25) is 0 Å². The minimum absolute atomic E-state index is 0.0619. The molecule has 1 heterocycles. The SMILES string of the molecule is CCOc1c(O)cc(-c2cccs2)cc1C(=O)OC. The topological polar surface area (TPSA) is 55.8 Å². The zero-order valence-electron chi connectivity index (χ0n) is 10.7. The van der Waals surface area contributed by atoms with E-state index in [1.54, 1.807) is 19.1 Å². The zero-order valence-corrected chi connectivity index (χ0v) is 11.5. The van der Waals surface area contributed by atoms with Crippen LogP contribution >= 0.6 is 11.3 Å². The van der Waals surface area contributed by atoms with Crippen LogP contribution in [0.3, 0.4) is 0 Å². The molecule has 0 amide bonds. The van der Waals surface area contributed by atoms with E-state index in [0.717, 1.165) is 10.4 Å². The van der Waals surface area contributed by atoms with Crippen LogP contribution in [0.5, 0.6) is 11.5 Å². The highest BCUT2D eigenvalue weighted by Gasteiger charge is 2.19. The lowest BCUT2D eigenvalue weighted by atomic mass is 10.1. The summed E-state index contributed by atoms with van der Waals surface area (Å²) in [7, 11) is 1.30. The summed E-state index contributed by atoms with van der Waals surface area (Å²) in [5, 5.41) is 11.9. The van der Waals surface area contributed by atoms with Crippen LogP contribution in [0.1, 0.15) is 17.3 Å². The van der Waals surface area contributed by atoms with Gasteiger partial charge in [0.15, 0.2) is 11.5 Å². The van der Waals surface area contributed by atoms with Crippen molar-refractivity contribution in [1.29, 1.82) is 0 Å². The molecule has 1 aromatic heterocycles. The molecule has 0 fully saturated rings. The first-order valence-corrected chi connectivity index (χ1v) is 6.67. The van der Waals surface area contributed by atoms with Crippen LogP contribution in [0, 0.1) is 0 Å². The molecule has 2 rings (SSSR count). The van der Waals surface area contributed by atoms with Gasteiger partial charge in [-0.15, -0.1) is 11.3 Å². The molecule has 0 atom stereocenters. The molecule has 1 aromatic carbocycles. The Hall–Kier alpha value is -2.01. The molecule has 5 heteroatoms. The summed E-state index contributed by atoms with van der Waals surface area (Å²) in [5.41, 5.74) is 0.990. The van der Waals surface area contributed by atoms with Gasteiger partial charge >= 0.3 is 5.97 Å². The number of hydrogen-bond donors (Lipinski definition) is 1. The second-order valence-electron chi connectivity index (χ2n) is 3.77. The standard InChI is InChI=1S/C14H14O4S/c1-3-18-13-10(14(16)17-2)7-9(8-11(13)15)12-5-4-6-19-12/h4-8,15H,3H2,1-2H3. The Labute approximate surface area is 115 Å². The van der Waals surface area contributed by atoms with Crippen LogP contribution < -0.4 is 4.74 Å². The minimum Gasteiger partial charge on any atom is -0.504 e. The van der Waals surface area contributed by atoms with Gasteiger partial charge in [0.25, 0.3) is 0 Å². The Morgan fingerprint density at radius 2 is 2.21 bits per heavy atom. The van der Waals surface area contributed by atoms with Gasteiger partial charge in [-0.25, -0.2) is 4.79 Å². The van der Waals surface area contributed by atoms with Crippen molar-refractivity contribution in [3.05, 3.63) is 35.2 Å². The van der Waals surface area contributed by atoms with Crippen molar-refractivity contribution in [2.45, 2.75) is 6.92 Å². The maximum absolute atomic E-state index is 11.8.